The molecule has 1 N–H and O–H groups in total. The van der Waals surface area contributed by atoms with Gasteiger partial charge in [0.1, 0.15) is 11.0 Å². The van der Waals surface area contributed by atoms with E-state index in [1.165, 1.54) is 0 Å². The zero-order valence-corrected chi connectivity index (χ0v) is 12.9. The highest BCUT2D eigenvalue weighted by Crippen LogP contribution is 2.22. The summed E-state index contributed by atoms with van der Waals surface area (Å²) in [6.07, 6.45) is 0. The Balaban J connectivity index is 2.12. The second-order valence-corrected chi connectivity index (χ2v) is 5.69. The number of aromatic nitrogens is 2. The van der Waals surface area contributed by atoms with Gasteiger partial charge in [0.15, 0.2) is 5.16 Å². The molecule has 7 heteroatoms. The molecule has 2 aromatic rings. The summed E-state index contributed by atoms with van der Waals surface area (Å²) < 4.78 is 0. The molecule has 0 aliphatic heterocycles. The van der Waals surface area contributed by atoms with Crippen LogP contribution in [0, 0.1) is 0 Å². The lowest BCUT2D eigenvalue weighted by Crippen LogP contribution is -2.18. The molecule has 0 amide bonds. The number of thioether (sulfide) groups is 1. The summed E-state index contributed by atoms with van der Waals surface area (Å²) in [4.78, 5) is 20.9. The third-order valence-corrected chi connectivity index (χ3v) is 3.66. The van der Waals surface area contributed by atoms with E-state index in [9.17, 15) is 4.79 Å². The Morgan fingerprint density at radius 3 is 2.71 bits per heavy atom. The lowest BCUT2D eigenvalue weighted by atomic mass is 10.2. The molecule has 0 atom stereocenters. The number of hydrogen-bond donors (Lipinski definition) is 1. The minimum Gasteiger partial charge on any atom is -0.481 e. The van der Waals surface area contributed by atoms with Gasteiger partial charge in [-0.2, -0.15) is 0 Å². The van der Waals surface area contributed by atoms with Crippen LogP contribution in [0.15, 0.2) is 41.6 Å². The molecule has 0 unspecified atom stereocenters. The highest BCUT2D eigenvalue weighted by molar-refractivity contribution is 7.99. The average molecular weight is 324 g/mol. The number of aliphatic carboxylic acids is 1. The van der Waals surface area contributed by atoms with Gasteiger partial charge in [-0.15, -0.1) is 0 Å². The molecule has 1 aromatic heterocycles. The second kappa shape index (κ2) is 7.28. The second-order valence-electron chi connectivity index (χ2n) is 4.36. The van der Waals surface area contributed by atoms with Crippen molar-refractivity contribution in [2.75, 3.05) is 17.7 Å². The van der Waals surface area contributed by atoms with Crippen molar-refractivity contribution >= 4 is 35.1 Å². The quantitative estimate of drug-likeness (QED) is 0.501. The molecule has 0 bridgehead atoms. The monoisotopic (exact) mass is 323 g/mol. The molecule has 0 aliphatic carbocycles. The number of halogens is 1. The standard InChI is InChI=1S/C14H14ClN3O2S/c1-18(8-10-5-3-2-4-6-10)12-7-11(15)16-14(17-12)21-9-13(19)20/h2-7H,8-9H2,1H3,(H,19,20). The first-order chi connectivity index (χ1) is 10.0. The van der Waals surface area contributed by atoms with Gasteiger partial charge in [-0.3, -0.25) is 4.79 Å². The summed E-state index contributed by atoms with van der Waals surface area (Å²) in [5.41, 5.74) is 1.15. The van der Waals surface area contributed by atoms with E-state index in [0.29, 0.717) is 22.7 Å². The maximum atomic E-state index is 10.6. The lowest BCUT2D eigenvalue weighted by Gasteiger charge is -2.18. The molecular weight excluding hydrogens is 310 g/mol. The molecule has 0 spiro atoms. The fourth-order valence-electron chi connectivity index (χ4n) is 1.71. The summed E-state index contributed by atoms with van der Waals surface area (Å²) in [5.74, 6) is -0.350. The predicted octanol–water partition coefficient (Wildman–Crippen LogP) is 2.94. The van der Waals surface area contributed by atoms with Crippen LogP contribution in [-0.2, 0) is 11.3 Å². The molecule has 0 fully saturated rings. The van der Waals surface area contributed by atoms with E-state index in [1.807, 2.05) is 42.3 Å². The van der Waals surface area contributed by atoms with Crippen LogP contribution in [0.2, 0.25) is 5.15 Å². The van der Waals surface area contributed by atoms with Gasteiger partial charge in [-0.1, -0.05) is 53.7 Å². The van der Waals surface area contributed by atoms with Crippen molar-refractivity contribution < 1.29 is 9.90 Å². The van der Waals surface area contributed by atoms with E-state index in [1.54, 1.807) is 6.07 Å². The Morgan fingerprint density at radius 1 is 1.33 bits per heavy atom. The van der Waals surface area contributed by atoms with Crippen molar-refractivity contribution in [1.29, 1.82) is 0 Å². The van der Waals surface area contributed by atoms with Crippen LogP contribution in [0.1, 0.15) is 5.56 Å². The van der Waals surface area contributed by atoms with E-state index in [4.69, 9.17) is 16.7 Å². The number of carboxylic acids is 1. The first-order valence-corrected chi connectivity index (χ1v) is 7.55. The van der Waals surface area contributed by atoms with Crippen LogP contribution in [-0.4, -0.2) is 33.8 Å². The predicted molar refractivity (Wildman–Crippen MR) is 84.0 cm³/mol. The van der Waals surface area contributed by atoms with Crippen molar-refractivity contribution in [1.82, 2.24) is 9.97 Å². The van der Waals surface area contributed by atoms with Gasteiger partial charge in [-0.25, -0.2) is 9.97 Å². The smallest absolute Gasteiger partial charge is 0.313 e. The zero-order valence-electron chi connectivity index (χ0n) is 11.4. The van der Waals surface area contributed by atoms with Gasteiger partial charge in [0, 0.05) is 19.7 Å². The van der Waals surface area contributed by atoms with Crippen LogP contribution in [0.25, 0.3) is 0 Å². The number of carboxylic acid groups (broad SMARTS) is 1. The minimum absolute atomic E-state index is 0.0951. The topological polar surface area (TPSA) is 66.3 Å². The van der Waals surface area contributed by atoms with Crippen LogP contribution in [0.5, 0.6) is 0 Å². The van der Waals surface area contributed by atoms with E-state index in [-0.39, 0.29) is 5.75 Å². The van der Waals surface area contributed by atoms with Crippen molar-refractivity contribution in [2.24, 2.45) is 0 Å². The highest BCUT2D eigenvalue weighted by atomic mass is 35.5. The van der Waals surface area contributed by atoms with Gasteiger partial charge < -0.3 is 10.0 Å². The van der Waals surface area contributed by atoms with Gasteiger partial charge in [-0.05, 0) is 5.56 Å². The maximum absolute atomic E-state index is 10.6. The van der Waals surface area contributed by atoms with Crippen molar-refractivity contribution in [3.05, 3.63) is 47.1 Å². The normalized spacial score (nSPS) is 10.4. The third kappa shape index (κ3) is 4.91. The van der Waals surface area contributed by atoms with E-state index in [0.717, 1.165) is 17.3 Å². The van der Waals surface area contributed by atoms with Crippen LogP contribution in [0.3, 0.4) is 0 Å². The first-order valence-electron chi connectivity index (χ1n) is 6.19. The highest BCUT2D eigenvalue weighted by Gasteiger charge is 2.10. The number of hydrogen-bond acceptors (Lipinski definition) is 5. The first kappa shape index (κ1) is 15.6. The zero-order chi connectivity index (χ0) is 15.2. The molecular formula is C14H14ClN3O2S. The number of nitrogens with zero attached hydrogens (tertiary/aromatic N) is 3. The Labute approximate surface area is 132 Å². The molecule has 1 heterocycles. The van der Waals surface area contributed by atoms with Gasteiger partial charge in [0.2, 0.25) is 0 Å². The minimum atomic E-state index is -0.914. The fourth-order valence-corrected chi connectivity index (χ4v) is 2.51. The molecule has 21 heavy (non-hydrogen) atoms. The van der Waals surface area contributed by atoms with E-state index < -0.39 is 5.97 Å². The van der Waals surface area contributed by atoms with Gasteiger partial charge in [0.05, 0.1) is 5.75 Å². The van der Waals surface area contributed by atoms with E-state index >= 15 is 0 Å². The SMILES string of the molecule is CN(Cc1ccccc1)c1cc(Cl)nc(SCC(=O)O)n1. The molecule has 5 nitrogen and oxygen atoms in total. The van der Waals surface area contributed by atoms with Crippen molar-refractivity contribution in [2.45, 2.75) is 11.7 Å². The van der Waals surface area contributed by atoms with Crippen LogP contribution < -0.4 is 4.90 Å². The lowest BCUT2D eigenvalue weighted by molar-refractivity contribution is -0.133. The molecule has 2 rings (SSSR count). The molecule has 0 saturated heterocycles. The fraction of sp³-hybridized carbons (Fsp3) is 0.214. The summed E-state index contributed by atoms with van der Waals surface area (Å²) in [7, 11) is 1.90. The summed E-state index contributed by atoms with van der Waals surface area (Å²) >= 11 is 7.02. The van der Waals surface area contributed by atoms with Crippen molar-refractivity contribution in [3.63, 3.8) is 0 Å². The molecule has 0 radical (unpaired) electrons. The molecule has 1 aromatic carbocycles. The van der Waals surface area contributed by atoms with Crippen LogP contribution >= 0.6 is 23.4 Å². The Bertz CT molecular complexity index is 625. The van der Waals surface area contributed by atoms with Gasteiger partial charge >= 0.3 is 5.97 Å². The molecule has 110 valence electrons. The van der Waals surface area contributed by atoms with Crippen LogP contribution in [0.4, 0.5) is 5.82 Å². The Morgan fingerprint density at radius 2 is 2.05 bits per heavy atom. The number of rotatable bonds is 6. The van der Waals surface area contributed by atoms with Gasteiger partial charge in [0.25, 0.3) is 0 Å². The Kier molecular flexibility index (Phi) is 5.41. The van der Waals surface area contributed by atoms with Crippen molar-refractivity contribution in [3.8, 4) is 0 Å². The molecule has 0 aliphatic rings. The average Bonchev–Trinajstić information content (AvgIpc) is 2.45. The number of benzene rings is 1. The maximum Gasteiger partial charge on any atom is 0.313 e. The number of carbonyl (C=O) groups is 1. The number of anilines is 1. The third-order valence-electron chi connectivity index (χ3n) is 2.64. The Hall–Kier alpha value is -1.79. The summed E-state index contributed by atoms with van der Waals surface area (Å²) in [6, 6.07) is 11.6. The molecule has 0 saturated carbocycles. The summed E-state index contributed by atoms with van der Waals surface area (Å²) in [6.45, 7) is 0.678. The largest absolute Gasteiger partial charge is 0.481 e. The van der Waals surface area contributed by atoms with E-state index in [2.05, 4.69) is 9.97 Å². The summed E-state index contributed by atoms with van der Waals surface area (Å²) in [5, 5.41) is 9.36.